The molecule has 0 aliphatic carbocycles. The number of piperidine rings is 1. The first-order chi connectivity index (χ1) is 10.7. The van der Waals surface area contributed by atoms with Crippen LogP contribution in [0.15, 0.2) is 30.9 Å². The van der Waals surface area contributed by atoms with E-state index in [9.17, 15) is 4.79 Å². The van der Waals surface area contributed by atoms with Crippen molar-refractivity contribution in [3.63, 3.8) is 0 Å². The van der Waals surface area contributed by atoms with Crippen molar-refractivity contribution in [3.8, 4) is 11.5 Å². The summed E-state index contributed by atoms with van der Waals surface area (Å²) >= 11 is 0. The van der Waals surface area contributed by atoms with E-state index in [4.69, 9.17) is 9.47 Å². The molecule has 1 saturated heterocycles. The van der Waals surface area contributed by atoms with Gasteiger partial charge in [0.25, 0.3) is 5.91 Å². The van der Waals surface area contributed by atoms with Gasteiger partial charge in [-0.1, -0.05) is 19.6 Å². The molecule has 1 unspecified atom stereocenters. The third-order valence-electron chi connectivity index (χ3n) is 4.13. The molecule has 22 heavy (non-hydrogen) atoms. The van der Waals surface area contributed by atoms with E-state index >= 15 is 0 Å². The molecule has 1 fully saturated rings. The van der Waals surface area contributed by atoms with E-state index in [-0.39, 0.29) is 5.91 Å². The van der Waals surface area contributed by atoms with Gasteiger partial charge < -0.3 is 14.4 Å². The zero-order valence-electron chi connectivity index (χ0n) is 13.5. The summed E-state index contributed by atoms with van der Waals surface area (Å²) in [5.41, 5.74) is 0.656. The van der Waals surface area contributed by atoms with Gasteiger partial charge in [0, 0.05) is 18.2 Å². The molecule has 4 nitrogen and oxygen atoms in total. The van der Waals surface area contributed by atoms with Crippen LogP contribution in [0, 0.1) is 0 Å². The summed E-state index contributed by atoms with van der Waals surface area (Å²) in [6, 6.07) is 5.72. The van der Waals surface area contributed by atoms with Gasteiger partial charge in [0.05, 0.1) is 7.11 Å². The number of carbonyl (C=O) groups is 1. The first-order valence-corrected chi connectivity index (χ1v) is 7.94. The summed E-state index contributed by atoms with van der Waals surface area (Å²) < 4.78 is 10.9. The van der Waals surface area contributed by atoms with Crippen molar-refractivity contribution >= 4 is 5.91 Å². The molecule has 1 aromatic rings. The first kappa shape index (κ1) is 16.4. The Balaban J connectivity index is 2.20. The summed E-state index contributed by atoms with van der Waals surface area (Å²) in [6.45, 7) is 7.02. The molecule has 1 aliphatic heterocycles. The average Bonchev–Trinajstić information content (AvgIpc) is 2.59. The monoisotopic (exact) mass is 303 g/mol. The quantitative estimate of drug-likeness (QED) is 0.753. The molecular formula is C18H25NO3. The van der Waals surface area contributed by atoms with Crippen LogP contribution in [0.4, 0.5) is 0 Å². The molecule has 0 saturated carbocycles. The SMILES string of the molecule is C=CCOc1ccc(C(=O)N2CCCCC2CC)cc1OC. The molecule has 0 bridgehead atoms. The molecule has 0 N–H and O–H groups in total. The van der Waals surface area contributed by atoms with E-state index < -0.39 is 0 Å². The lowest BCUT2D eigenvalue weighted by atomic mass is 9.99. The van der Waals surface area contributed by atoms with Gasteiger partial charge in [-0.2, -0.15) is 0 Å². The van der Waals surface area contributed by atoms with Crippen LogP contribution in [0.5, 0.6) is 11.5 Å². The van der Waals surface area contributed by atoms with Gasteiger partial charge in [0.2, 0.25) is 0 Å². The van der Waals surface area contributed by atoms with Crippen molar-refractivity contribution < 1.29 is 14.3 Å². The van der Waals surface area contributed by atoms with Gasteiger partial charge in [-0.05, 0) is 43.9 Å². The lowest BCUT2D eigenvalue weighted by Gasteiger charge is -2.35. The fourth-order valence-corrected chi connectivity index (χ4v) is 2.93. The van der Waals surface area contributed by atoms with Crippen LogP contribution in [0.2, 0.25) is 0 Å². The Morgan fingerprint density at radius 2 is 2.23 bits per heavy atom. The number of amides is 1. The molecule has 0 aromatic heterocycles. The number of benzene rings is 1. The smallest absolute Gasteiger partial charge is 0.254 e. The number of hydrogen-bond donors (Lipinski definition) is 0. The van der Waals surface area contributed by atoms with Crippen molar-refractivity contribution in [2.24, 2.45) is 0 Å². The van der Waals surface area contributed by atoms with E-state index in [0.717, 1.165) is 25.8 Å². The predicted octanol–water partition coefficient (Wildman–Crippen LogP) is 3.66. The van der Waals surface area contributed by atoms with Crippen LogP contribution < -0.4 is 9.47 Å². The van der Waals surface area contributed by atoms with Crippen LogP contribution >= 0.6 is 0 Å². The van der Waals surface area contributed by atoms with Gasteiger partial charge in [-0.3, -0.25) is 4.79 Å². The molecule has 1 atom stereocenters. The molecule has 1 amide bonds. The number of hydrogen-bond acceptors (Lipinski definition) is 3. The number of likely N-dealkylation sites (tertiary alicyclic amines) is 1. The summed E-state index contributed by atoms with van der Waals surface area (Å²) in [6.07, 6.45) is 6.07. The summed E-state index contributed by atoms with van der Waals surface area (Å²) in [7, 11) is 1.58. The second-order valence-electron chi connectivity index (χ2n) is 5.52. The largest absolute Gasteiger partial charge is 0.493 e. The van der Waals surface area contributed by atoms with Crippen LogP contribution in [0.25, 0.3) is 0 Å². The fourth-order valence-electron chi connectivity index (χ4n) is 2.93. The van der Waals surface area contributed by atoms with Gasteiger partial charge in [0.15, 0.2) is 11.5 Å². The summed E-state index contributed by atoms with van der Waals surface area (Å²) in [5.74, 6) is 1.29. The minimum Gasteiger partial charge on any atom is -0.493 e. The zero-order valence-corrected chi connectivity index (χ0v) is 13.5. The first-order valence-electron chi connectivity index (χ1n) is 7.94. The Hall–Kier alpha value is -1.97. The van der Waals surface area contributed by atoms with E-state index in [2.05, 4.69) is 13.5 Å². The third-order valence-corrected chi connectivity index (χ3v) is 4.13. The highest BCUT2D eigenvalue weighted by atomic mass is 16.5. The Bertz CT molecular complexity index is 527. The Labute approximate surface area is 132 Å². The normalized spacial score (nSPS) is 17.9. The van der Waals surface area contributed by atoms with Gasteiger partial charge in [0.1, 0.15) is 6.61 Å². The van der Waals surface area contributed by atoms with Crippen LogP contribution in [0.1, 0.15) is 43.0 Å². The van der Waals surface area contributed by atoms with Crippen molar-refractivity contribution in [2.45, 2.75) is 38.6 Å². The minimum atomic E-state index is 0.0834. The lowest BCUT2D eigenvalue weighted by molar-refractivity contribution is 0.0607. The van der Waals surface area contributed by atoms with Crippen molar-refractivity contribution in [1.29, 1.82) is 0 Å². The van der Waals surface area contributed by atoms with E-state index in [1.165, 1.54) is 6.42 Å². The molecule has 1 aromatic carbocycles. The maximum atomic E-state index is 12.8. The van der Waals surface area contributed by atoms with Crippen LogP contribution in [-0.4, -0.2) is 37.1 Å². The minimum absolute atomic E-state index is 0.0834. The van der Waals surface area contributed by atoms with Gasteiger partial charge >= 0.3 is 0 Å². The number of nitrogens with zero attached hydrogens (tertiary/aromatic N) is 1. The fraction of sp³-hybridized carbons (Fsp3) is 0.500. The Morgan fingerprint density at radius 3 is 2.91 bits per heavy atom. The van der Waals surface area contributed by atoms with E-state index in [1.807, 2.05) is 11.0 Å². The zero-order chi connectivity index (χ0) is 15.9. The molecule has 120 valence electrons. The Morgan fingerprint density at radius 1 is 1.41 bits per heavy atom. The highest BCUT2D eigenvalue weighted by Gasteiger charge is 2.26. The summed E-state index contributed by atoms with van der Waals surface area (Å²) in [4.78, 5) is 14.8. The molecule has 0 radical (unpaired) electrons. The third kappa shape index (κ3) is 3.62. The summed E-state index contributed by atoms with van der Waals surface area (Å²) in [5, 5.41) is 0. The molecule has 2 rings (SSSR count). The van der Waals surface area contributed by atoms with Crippen molar-refractivity contribution in [2.75, 3.05) is 20.3 Å². The maximum Gasteiger partial charge on any atom is 0.254 e. The van der Waals surface area contributed by atoms with Crippen molar-refractivity contribution in [3.05, 3.63) is 36.4 Å². The molecular weight excluding hydrogens is 278 g/mol. The van der Waals surface area contributed by atoms with Gasteiger partial charge in [-0.15, -0.1) is 0 Å². The molecule has 1 aliphatic rings. The van der Waals surface area contributed by atoms with E-state index in [1.54, 1.807) is 25.3 Å². The van der Waals surface area contributed by atoms with Crippen LogP contribution in [-0.2, 0) is 0 Å². The van der Waals surface area contributed by atoms with Crippen LogP contribution in [0.3, 0.4) is 0 Å². The number of ether oxygens (including phenoxy) is 2. The number of carbonyl (C=O) groups excluding carboxylic acids is 1. The highest BCUT2D eigenvalue weighted by Crippen LogP contribution is 2.30. The molecule has 0 spiro atoms. The topological polar surface area (TPSA) is 38.8 Å². The second kappa shape index (κ2) is 7.87. The van der Waals surface area contributed by atoms with E-state index in [0.29, 0.717) is 29.7 Å². The Kier molecular flexibility index (Phi) is 5.87. The van der Waals surface area contributed by atoms with Crippen molar-refractivity contribution in [1.82, 2.24) is 4.90 Å². The number of rotatable bonds is 6. The average molecular weight is 303 g/mol. The van der Waals surface area contributed by atoms with Gasteiger partial charge in [-0.25, -0.2) is 0 Å². The molecule has 1 heterocycles. The predicted molar refractivity (Wildman–Crippen MR) is 87.7 cm³/mol. The lowest BCUT2D eigenvalue weighted by Crippen LogP contribution is -2.43. The maximum absolute atomic E-state index is 12.8. The highest BCUT2D eigenvalue weighted by molar-refractivity contribution is 5.95. The second-order valence-corrected chi connectivity index (χ2v) is 5.52. The molecule has 4 heteroatoms. The standard InChI is InChI=1S/C18H25NO3/c1-4-12-22-16-10-9-14(13-17(16)21-3)18(20)19-11-7-6-8-15(19)5-2/h4,9-10,13,15H,1,5-8,11-12H2,2-3H3. The number of methoxy groups -OCH3 is 1.